The number of benzene rings is 2. The molecule has 0 bridgehead atoms. The highest BCUT2D eigenvalue weighted by Gasteiger charge is 2.19. The Kier molecular flexibility index (Phi) is 7.09. The Labute approximate surface area is 193 Å². The van der Waals surface area contributed by atoms with Gasteiger partial charge in [0.1, 0.15) is 0 Å². The summed E-state index contributed by atoms with van der Waals surface area (Å²) in [5.74, 6) is 1.03. The molecule has 0 unspecified atom stereocenters. The maximum Gasteiger partial charge on any atom is 0.254 e. The van der Waals surface area contributed by atoms with Crippen molar-refractivity contribution in [2.75, 3.05) is 13.7 Å². The summed E-state index contributed by atoms with van der Waals surface area (Å²) in [4.78, 5) is 13.0. The second-order valence-electron chi connectivity index (χ2n) is 7.62. The van der Waals surface area contributed by atoms with Gasteiger partial charge in [0.15, 0.2) is 5.82 Å². The quantitative estimate of drug-likeness (QED) is 0.421. The van der Waals surface area contributed by atoms with E-state index in [0.717, 1.165) is 12.1 Å². The topological polar surface area (TPSA) is 81.9 Å². The summed E-state index contributed by atoms with van der Waals surface area (Å²) in [5.41, 5.74) is 3.80. The van der Waals surface area contributed by atoms with Crippen molar-refractivity contribution in [2.24, 2.45) is 0 Å². The van der Waals surface area contributed by atoms with E-state index in [2.05, 4.69) is 44.9 Å². The third-order valence-corrected chi connectivity index (χ3v) is 5.62. The summed E-state index contributed by atoms with van der Waals surface area (Å²) in [5, 5.41) is 15.6. The molecule has 1 N–H and O–H groups in total. The molecule has 1 amide bonds. The number of hydrogen-bond donors (Lipinski definition) is 1. The van der Waals surface area contributed by atoms with Crippen molar-refractivity contribution in [3.63, 3.8) is 0 Å². The second-order valence-corrected chi connectivity index (χ2v) is 7.62. The first kappa shape index (κ1) is 22.2. The highest BCUT2D eigenvalue weighted by atomic mass is 16.5. The Morgan fingerprint density at radius 2 is 1.64 bits per heavy atom. The van der Waals surface area contributed by atoms with E-state index in [0.29, 0.717) is 30.2 Å². The average Bonchev–Trinajstić information content (AvgIpc) is 3.32. The van der Waals surface area contributed by atoms with Gasteiger partial charge in [-0.25, -0.2) is 4.68 Å². The monoisotopic (exact) mass is 441 g/mol. The van der Waals surface area contributed by atoms with Crippen molar-refractivity contribution < 1.29 is 9.53 Å². The fourth-order valence-electron chi connectivity index (χ4n) is 3.96. The van der Waals surface area contributed by atoms with Gasteiger partial charge in [0.05, 0.1) is 24.6 Å². The van der Waals surface area contributed by atoms with Gasteiger partial charge in [0, 0.05) is 18.5 Å². The van der Waals surface area contributed by atoms with Crippen LogP contribution < -0.4 is 10.1 Å². The van der Waals surface area contributed by atoms with Gasteiger partial charge < -0.3 is 10.1 Å². The highest BCUT2D eigenvalue weighted by molar-refractivity contribution is 5.95. The van der Waals surface area contributed by atoms with Gasteiger partial charge in [-0.1, -0.05) is 67.6 Å². The number of nitrogens with zero attached hydrogens (tertiary/aromatic N) is 4. The minimum atomic E-state index is -0.139. The summed E-state index contributed by atoms with van der Waals surface area (Å²) >= 11 is 0. The molecule has 0 aliphatic carbocycles. The second kappa shape index (κ2) is 10.5. The molecule has 0 atom stereocenters. The first-order valence-electron chi connectivity index (χ1n) is 11.0. The molecule has 0 aliphatic rings. The number of amides is 1. The van der Waals surface area contributed by atoms with Crippen molar-refractivity contribution in [3.8, 4) is 11.7 Å². The SMILES string of the molecule is CCc1c(C(=O)NCCC(c2ccccc2)c2ccccc2)cnn1-c1ccc(OC)nn1. The standard InChI is InChI=1S/C26H27N5O2/c1-3-23-22(18-28-31(23)24-14-15-25(33-2)30-29-24)26(32)27-17-16-21(19-10-6-4-7-11-19)20-12-8-5-9-13-20/h4-15,18,21H,3,16-17H2,1-2H3,(H,27,32). The molecule has 2 aromatic heterocycles. The Morgan fingerprint density at radius 1 is 0.970 bits per heavy atom. The third kappa shape index (κ3) is 5.09. The lowest BCUT2D eigenvalue weighted by atomic mass is 9.88. The molecule has 2 aromatic carbocycles. The molecule has 0 spiro atoms. The summed E-state index contributed by atoms with van der Waals surface area (Å²) in [6.07, 6.45) is 3.01. The van der Waals surface area contributed by atoms with Gasteiger partial charge in [0.2, 0.25) is 5.88 Å². The van der Waals surface area contributed by atoms with Gasteiger partial charge in [0.25, 0.3) is 5.91 Å². The number of ether oxygens (including phenoxy) is 1. The van der Waals surface area contributed by atoms with Gasteiger partial charge in [-0.15, -0.1) is 10.2 Å². The lowest BCUT2D eigenvalue weighted by Gasteiger charge is -2.18. The van der Waals surface area contributed by atoms with E-state index in [1.165, 1.54) is 18.2 Å². The van der Waals surface area contributed by atoms with E-state index in [9.17, 15) is 4.79 Å². The number of carbonyl (C=O) groups excluding carboxylic acids is 1. The molecule has 0 fully saturated rings. The van der Waals surface area contributed by atoms with Gasteiger partial charge >= 0.3 is 0 Å². The molecule has 0 saturated heterocycles. The normalized spacial score (nSPS) is 10.9. The van der Waals surface area contributed by atoms with E-state index >= 15 is 0 Å². The van der Waals surface area contributed by atoms with Crippen molar-refractivity contribution in [3.05, 3.63) is 101 Å². The predicted octanol–water partition coefficient (Wildman–Crippen LogP) is 4.19. The van der Waals surface area contributed by atoms with Gasteiger partial charge in [-0.2, -0.15) is 5.10 Å². The van der Waals surface area contributed by atoms with Crippen LogP contribution in [-0.2, 0) is 6.42 Å². The highest BCUT2D eigenvalue weighted by Crippen LogP contribution is 2.27. The molecular formula is C26H27N5O2. The Morgan fingerprint density at radius 3 is 2.18 bits per heavy atom. The smallest absolute Gasteiger partial charge is 0.254 e. The first-order valence-corrected chi connectivity index (χ1v) is 11.0. The third-order valence-electron chi connectivity index (χ3n) is 5.62. The fourth-order valence-corrected chi connectivity index (χ4v) is 3.96. The number of aromatic nitrogens is 4. The van der Waals surface area contributed by atoms with Crippen LogP contribution in [0.5, 0.6) is 5.88 Å². The molecule has 168 valence electrons. The minimum absolute atomic E-state index is 0.139. The molecule has 0 aliphatic heterocycles. The van der Waals surface area contributed by atoms with Crippen molar-refractivity contribution in [1.29, 1.82) is 0 Å². The summed E-state index contributed by atoms with van der Waals surface area (Å²) in [7, 11) is 1.54. The summed E-state index contributed by atoms with van der Waals surface area (Å²) in [6, 6.07) is 24.3. The first-order chi connectivity index (χ1) is 16.2. The van der Waals surface area contributed by atoms with Crippen LogP contribution in [0.2, 0.25) is 0 Å². The van der Waals surface area contributed by atoms with Crippen molar-refractivity contribution in [1.82, 2.24) is 25.3 Å². The van der Waals surface area contributed by atoms with Crippen LogP contribution in [0.4, 0.5) is 0 Å². The van der Waals surface area contributed by atoms with E-state index in [4.69, 9.17) is 4.74 Å². The van der Waals surface area contributed by atoms with Crippen molar-refractivity contribution in [2.45, 2.75) is 25.7 Å². The summed E-state index contributed by atoms with van der Waals surface area (Å²) < 4.78 is 6.72. The maximum atomic E-state index is 13.0. The molecule has 0 radical (unpaired) electrons. The van der Waals surface area contributed by atoms with Crippen LogP contribution in [-0.4, -0.2) is 39.5 Å². The van der Waals surface area contributed by atoms with Gasteiger partial charge in [-0.3, -0.25) is 4.79 Å². The molecule has 7 heteroatoms. The molecule has 4 rings (SSSR count). The number of carbonyl (C=O) groups is 1. The van der Waals surface area contributed by atoms with Crippen LogP contribution in [0.1, 0.15) is 46.4 Å². The van der Waals surface area contributed by atoms with E-state index in [1.54, 1.807) is 23.0 Å². The Bertz CT molecular complexity index is 1140. The van der Waals surface area contributed by atoms with E-state index in [-0.39, 0.29) is 11.8 Å². The minimum Gasteiger partial charge on any atom is -0.480 e. The number of nitrogens with one attached hydrogen (secondary N) is 1. The average molecular weight is 442 g/mol. The van der Waals surface area contributed by atoms with E-state index < -0.39 is 0 Å². The van der Waals surface area contributed by atoms with Gasteiger partial charge in [-0.05, 0) is 30.0 Å². The maximum absolute atomic E-state index is 13.0. The van der Waals surface area contributed by atoms with Crippen LogP contribution in [0.15, 0.2) is 79.0 Å². The van der Waals surface area contributed by atoms with Crippen molar-refractivity contribution >= 4 is 5.91 Å². The number of methoxy groups -OCH3 is 1. The lowest BCUT2D eigenvalue weighted by molar-refractivity contribution is 0.0952. The van der Waals surface area contributed by atoms with Crippen LogP contribution in [0.25, 0.3) is 5.82 Å². The lowest BCUT2D eigenvalue weighted by Crippen LogP contribution is -2.26. The number of hydrogen-bond acceptors (Lipinski definition) is 5. The summed E-state index contributed by atoms with van der Waals surface area (Å²) in [6.45, 7) is 2.53. The molecule has 4 aromatic rings. The number of rotatable bonds is 9. The van der Waals surface area contributed by atoms with Crippen LogP contribution in [0, 0.1) is 0 Å². The molecule has 2 heterocycles. The van der Waals surface area contributed by atoms with E-state index in [1.807, 2.05) is 43.3 Å². The Hall–Kier alpha value is -4.00. The molecule has 33 heavy (non-hydrogen) atoms. The van der Waals surface area contributed by atoms with Crippen LogP contribution >= 0.6 is 0 Å². The molecule has 7 nitrogen and oxygen atoms in total. The zero-order valence-electron chi connectivity index (χ0n) is 18.8. The van der Waals surface area contributed by atoms with Crippen LogP contribution in [0.3, 0.4) is 0 Å². The largest absolute Gasteiger partial charge is 0.480 e. The molecule has 0 saturated carbocycles. The molecular weight excluding hydrogens is 414 g/mol. The Balaban J connectivity index is 1.47. The zero-order valence-corrected chi connectivity index (χ0v) is 18.8. The fraction of sp³-hybridized carbons (Fsp3) is 0.231. The predicted molar refractivity (Wildman–Crippen MR) is 127 cm³/mol. The zero-order chi connectivity index (χ0) is 23.0.